The van der Waals surface area contributed by atoms with Gasteiger partial charge in [-0.1, -0.05) is 47.7 Å². The summed E-state index contributed by atoms with van der Waals surface area (Å²) in [5, 5.41) is 2.90. The van der Waals surface area contributed by atoms with Gasteiger partial charge in [-0.25, -0.2) is 13.1 Å². The second-order valence-corrected chi connectivity index (χ2v) is 9.19. The minimum atomic E-state index is -3.75. The zero-order chi connectivity index (χ0) is 22.4. The number of benzene rings is 3. The van der Waals surface area contributed by atoms with Gasteiger partial charge in [-0.15, -0.1) is 0 Å². The summed E-state index contributed by atoms with van der Waals surface area (Å²) < 4.78 is 27.3. The fourth-order valence-electron chi connectivity index (χ4n) is 2.76. The molecule has 3 rings (SSSR count). The van der Waals surface area contributed by atoms with Crippen LogP contribution in [0.5, 0.6) is 0 Å². The Kier molecular flexibility index (Phi) is 7.13. The van der Waals surface area contributed by atoms with Crippen molar-refractivity contribution in [2.24, 2.45) is 0 Å². The topological polar surface area (TPSA) is 75.3 Å². The van der Waals surface area contributed by atoms with Crippen LogP contribution in [0.2, 0.25) is 5.02 Å². The number of carbonyl (C=O) groups is 1. The van der Waals surface area contributed by atoms with E-state index in [4.69, 9.17) is 11.6 Å². The van der Waals surface area contributed by atoms with Gasteiger partial charge in [-0.2, -0.15) is 0 Å². The van der Waals surface area contributed by atoms with E-state index in [2.05, 4.69) is 21.9 Å². The highest BCUT2D eigenvalue weighted by atomic mass is 35.5. The molecule has 3 aromatic rings. The molecule has 7 heteroatoms. The van der Waals surface area contributed by atoms with Gasteiger partial charge in [0.25, 0.3) is 5.91 Å². The molecule has 5 nitrogen and oxygen atoms in total. The number of amides is 1. The van der Waals surface area contributed by atoms with Gasteiger partial charge < -0.3 is 5.32 Å². The van der Waals surface area contributed by atoms with Crippen molar-refractivity contribution >= 4 is 33.2 Å². The predicted octanol–water partition coefficient (Wildman–Crippen LogP) is 4.68. The van der Waals surface area contributed by atoms with Gasteiger partial charge >= 0.3 is 0 Å². The third-order valence-corrected chi connectivity index (χ3v) is 6.11. The summed E-state index contributed by atoms with van der Waals surface area (Å²) in [5.41, 5.74) is 2.20. The lowest BCUT2D eigenvalue weighted by molar-refractivity contribution is 0.102. The molecule has 2 N–H and O–H groups in total. The third kappa shape index (κ3) is 6.19. The highest BCUT2D eigenvalue weighted by Gasteiger charge is 2.19. The van der Waals surface area contributed by atoms with Crippen molar-refractivity contribution < 1.29 is 13.2 Å². The molecule has 0 aliphatic rings. The number of hydrogen-bond donors (Lipinski definition) is 2. The lowest BCUT2D eigenvalue weighted by atomic mass is 10.1. The third-order valence-electron chi connectivity index (χ3n) is 4.13. The molecular weight excluding hydrogens is 432 g/mol. The van der Waals surface area contributed by atoms with Crippen molar-refractivity contribution in [1.29, 1.82) is 0 Å². The van der Waals surface area contributed by atoms with Crippen molar-refractivity contribution in [3.8, 4) is 11.8 Å². The van der Waals surface area contributed by atoms with Crippen LogP contribution in [-0.2, 0) is 10.0 Å². The smallest absolute Gasteiger partial charge is 0.257 e. The lowest BCUT2D eigenvalue weighted by Gasteiger charge is -2.12. The molecular formula is C24H21ClN2O3S. The maximum Gasteiger partial charge on any atom is 0.257 e. The molecule has 158 valence electrons. The fourth-order valence-corrected chi connectivity index (χ4v) is 4.24. The van der Waals surface area contributed by atoms with E-state index in [0.717, 1.165) is 11.1 Å². The average Bonchev–Trinajstić information content (AvgIpc) is 2.72. The van der Waals surface area contributed by atoms with Crippen molar-refractivity contribution in [2.75, 3.05) is 5.32 Å². The zero-order valence-corrected chi connectivity index (χ0v) is 18.6. The molecule has 3 aromatic carbocycles. The Balaban J connectivity index is 1.82. The Morgan fingerprint density at radius 2 is 1.58 bits per heavy atom. The lowest BCUT2D eigenvalue weighted by Crippen LogP contribution is -2.30. The van der Waals surface area contributed by atoms with Gasteiger partial charge in [0.1, 0.15) is 0 Å². The molecule has 0 aliphatic heterocycles. The quantitative estimate of drug-likeness (QED) is 0.552. The van der Waals surface area contributed by atoms with Gasteiger partial charge in [-0.05, 0) is 62.4 Å². The summed E-state index contributed by atoms with van der Waals surface area (Å²) in [6.07, 6.45) is 0. The monoisotopic (exact) mass is 452 g/mol. The molecule has 0 fully saturated rings. The van der Waals surface area contributed by atoms with E-state index in [9.17, 15) is 13.2 Å². The van der Waals surface area contributed by atoms with E-state index in [1.54, 1.807) is 32.0 Å². The zero-order valence-electron chi connectivity index (χ0n) is 17.0. The summed E-state index contributed by atoms with van der Waals surface area (Å²) in [7, 11) is -3.75. The van der Waals surface area contributed by atoms with Crippen molar-refractivity contribution in [3.05, 3.63) is 94.5 Å². The van der Waals surface area contributed by atoms with E-state index >= 15 is 0 Å². The molecule has 0 aliphatic carbocycles. The normalized spacial score (nSPS) is 11.0. The number of hydrogen-bond acceptors (Lipinski definition) is 3. The largest absolute Gasteiger partial charge is 0.322 e. The van der Waals surface area contributed by atoms with Crippen LogP contribution >= 0.6 is 11.6 Å². The highest BCUT2D eigenvalue weighted by molar-refractivity contribution is 7.89. The first-order valence-electron chi connectivity index (χ1n) is 9.55. The molecule has 0 saturated carbocycles. The van der Waals surface area contributed by atoms with Gasteiger partial charge in [0.2, 0.25) is 10.0 Å². The standard InChI is InChI=1S/C24H21ClN2O3S/c1-17(2)27-31(29,30)21-13-14-23(25)22(16-21)24(28)26-20-10-6-9-19(15-20)12-11-18-7-4-3-5-8-18/h3-10,13-17,27H,1-2H3,(H,26,28). The van der Waals surface area contributed by atoms with Crippen LogP contribution in [0.4, 0.5) is 5.69 Å². The van der Waals surface area contributed by atoms with E-state index in [-0.39, 0.29) is 21.5 Å². The SMILES string of the molecule is CC(C)NS(=O)(=O)c1ccc(Cl)c(C(=O)Nc2cccc(C#Cc3ccccc3)c2)c1. The molecule has 0 unspecified atom stereocenters. The van der Waals surface area contributed by atoms with Crippen LogP contribution in [0.3, 0.4) is 0 Å². The number of nitrogens with one attached hydrogen (secondary N) is 2. The Morgan fingerprint density at radius 3 is 2.29 bits per heavy atom. The van der Waals surface area contributed by atoms with Crippen LogP contribution in [0.15, 0.2) is 77.7 Å². The number of carbonyl (C=O) groups excluding carboxylic acids is 1. The van der Waals surface area contributed by atoms with Gasteiger partial charge in [-0.3, -0.25) is 4.79 Å². The summed E-state index contributed by atoms with van der Waals surface area (Å²) in [6.45, 7) is 3.43. The van der Waals surface area contributed by atoms with E-state index in [1.807, 2.05) is 36.4 Å². The number of anilines is 1. The second kappa shape index (κ2) is 9.80. The summed E-state index contributed by atoms with van der Waals surface area (Å²) >= 11 is 6.16. The highest BCUT2D eigenvalue weighted by Crippen LogP contribution is 2.22. The molecule has 0 bridgehead atoms. The Labute approximate surface area is 187 Å². The number of sulfonamides is 1. The van der Waals surface area contributed by atoms with E-state index in [1.165, 1.54) is 18.2 Å². The molecule has 1 amide bonds. The first kappa shape index (κ1) is 22.6. The maximum absolute atomic E-state index is 12.8. The average molecular weight is 453 g/mol. The summed E-state index contributed by atoms with van der Waals surface area (Å²) in [5.74, 6) is 5.61. The van der Waals surface area contributed by atoms with Crippen molar-refractivity contribution in [2.45, 2.75) is 24.8 Å². The first-order chi connectivity index (χ1) is 14.7. The first-order valence-corrected chi connectivity index (χ1v) is 11.4. The summed E-state index contributed by atoms with van der Waals surface area (Å²) in [6, 6.07) is 20.4. The maximum atomic E-state index is 12.8. The van der Waals surface area contributed by atoms with Crippen molar-refractivity contribution in [1.82, 2.24) is 4.72 Å². The number of rotatable bonds is 5. The van der Waals surface area contributed by atoms with Crippen LogP contribution in [0.1, 0.15) is 35.3 Å². The minimum Gasteiger partial charge on any atom is -0.322 e. The molecule has 0 radical (unpaired) electrons. The molecule has 31 heavy (non-hydrogen) atoms. The summed E-state index contributed by atoms with van der Waals surface area (Å²) in [4.78, 5) is 12.8. The Morgan fingerprint density at radius 1 is 0.903 bits per heavy atom. The predicted molar refractivity (Wildman–Crippen MR) is 124 cm³/mol. The second-order valence-electron chi connectivity index (χ2n) is 7.07. The number of halogens is 1. The van der Waals surface area contributed by atoms with Crippen molar-refractivity contribution in [3.63, 3.8) is 0 Å². The van der Waals surface area contributed by atoms with E-state index in [0.29, 0.717) is 5.69 Å². The molecule has 0 saturated heterocycles. The van der Waals surface area contributed by atoms with Gasteiger partial charge in [0.15, 0.2) is 0 Å². The molecule has 0 spiro atoms. The Hall–Kier alpha value is -3.11. The Bertz CT molecular complexity index is 1260. The van der Waals surface area contributed by atoms with Crippen LogP contribution in [0.25, 0.3) is 0 Å². The van der Waals surface area contributed by atoms with E-state index < -0.39 is 15.9 Å². The minimum absolute atomic E-state index is 0.0294. The van der Waals surface area contributed by atoms with Crippen LogP contribution in [0, 0.1) is 11.8 Å². The van der Waals surface area contributed by atoms with Crippen LogP contribution < -0.4 is 10.0 Å². The van der Waals surface area contributed by atoms with Crippen LogP contribution in [-0.4, -0.2) is 20.4 Å². The van der Waals surface area contributed by atoms with Gasteiger partial charge in [0, 0.05) is 22.9 Å². The molecule has 0 aromatic heterocycles. The molecule has 0 heterocycles. The fraction of sp³-hybridized carbons (Fsp3) is 0.125. The molecule has 0 atom stereocenters. The van der Waals surface area contributed by atoms with Gasteiger partial charge in [0.05, 0.1) is 15.5 Å².